The van der Waals surface area contributed by atoms with Crippen LogP contribution >= 0.6 is 22.6 Å². The van der Waals surface area contributed by atoms with E-state index in [-0.39, 0.29) is 0 Å². The number of azide groups is 1. The molecule has 1 rings (SSSR count). The van der Waals surface area contributed by atoms with E-state index in [0.717, 1.165) is 19.4 Å². The van der Waals surface area contributed by atoms with Crippen molar-refractivity contribution < 1.29 is 4.74 Å². The minimum absolute atomic E-state index is 0.468. The molecule has 5 heteroatoms. The van der Waals surface area contributed by atoms with Gasteiger partial charge in [-0.2, -0.15) is 0 Å². The third-order valence-corrected chi connectivity index (χ3v) is 3.84. The summed E-state index contributed by atoms with van der Waals surface area (Å²) in [6.45, 7) is 1.56. The first-order valence-electron chi connectivity index (χ1n) is 5.11. The van der Waals surface area contributed by atoms with Gasteiger partial charge in [-0.25, -0.2) is 0 Å². The second kappa shape index (κ2) is 7.31. The highest BCUT2D eigenvalue weighted by Crippen LogP contribution is 2.24. The van der Waals surface area contributed by atoms with Crippen LogP contribution in [0, 0.1) is 0 Å². The molecule has 1 aliphatic heterocycles. The van der Waals surface area contributed by atoms with E-state index in [9.17, 15) is 0 Å². The molecular formula is C9H16IN3O. The number of alkyl halides is 1. The van der Waals surface area contributed by atoms with E-state index in [1.807, 2.05) is 0 Å². The van der Waals surface area contributed by atoms with Crippen molar-refractivity contribution in [3.63, 3.8) is 0 Å². The summed E-state index contributed by atoms with van der Waals surface area (Å²) in [6, 6.07) is 0. The van der Waals surface area contributed by atoms with Crippen LogP contribution in [0.4, 0.5) is 0 Å². The van der Waals surface area contributed by atoms with Gasteiger partial charge in [0, 0.05) is 22.0 Å². The molecule has 0 aromatic carbocycles. The first kappa shape index (κ1) is 12.1. The molecule has 4 nitrogen and oxygen atoms in total. The number of nitrogens with zero attached hydrogens (tertiary/aromatic N) is 3. The third-order valence-electron chi connectivity index (χ3n) is 2.42. The van der Waals surface area contributed by atoms with E-state index in [0.29, 0.717) is 16.6 Å². The second-order valence-electron chi connectivity index (χ2n) is 3.52. The summed E-state index contributed by atoms with van der Waals surface area (Å²) < 4.78 is 6.23. The van der Waals surface area contributed by atoms with Crippen LogP contribution in [0.1, 0.15) is 32.1 Å². The SMILES string of the molecule is [N-]=[N+]=NCCCC[C@@H](I)[C@H]1CCCO1. The molecule has 0 amide bonds. The Balaban J connectivity index is 2.02. The van der Waals surface area contributed by atoms with Crippen LogP contribution in [-0.4, -0.2) is 23.2 Å². The summed E-state index contributed by atoms with van der Waals surface area (Å²) >= 11 is 2.48. The fourth-order valence-corrected chi connectivity index (χ4v) is 2.65. The van der Waals surface area contributed by atoms with Crippen molar-refractivity contribution in [1.82, 2.24) is 0 Å². The topological polar surface area (TPSA) is 58.0 Å². The van der Waals surface area contributed by atoms with Gasteiger partial charge >= 0.3 is 0 Å². The lowest BCUT2D eigenvalue weighted by Gasteiger charge is -2.16. The first-order valence-corrected chi connectivity index (χ1v) is 6.35. The number of hydrogen-bond donors (Lipinski definition) is 0. The molecule has 0 radical (unpaired) electrons. The minimum Gasteiger partial charge on any atom is -0.377 e. The van der Waals surface area contributed by atoms with Crippen molar-refractivity contribution in [3.05, 3.63) is 10.4 Å². The van der Waals surface area contributed by atoms with E-state index in [2.05, 4.69) is 32.6 Å². The lowest BCUT2D eigenvalue weighted by molar-refractivity contribution is 0.110. The van der Waals surface area contributed by atoms with Crippen LogP contribution in [-0.2, 0) is 4.74 Å². The Kier molecular flexibility index (Phi) is 6.31. The van der Waals surface area contributed by atoms with Gasteiger partial charge in [0.25, 0.3) is 0 Å². The van der Waals surface area contributed by atoms with Crippen LogP contribution in [0.2, 0.25) is 0 Å². The van der Waals surface area contributed by atoms with Crippen LogP contribution in [0.3, 0.4) is 0 Å². The summed E-state index contributed by atoms with van der Waals surface area (Å²) in [5, 5.41) is 3.51. The predicted octanol–water partition coefficient (Wildman–Crippen LogP) is 3.45. The Hall–Kier alpha value is 0.0000000000000000347. The zero-order chi connectivity index (χ0) is 10.2. The largest absolute Gasteiger partial charge is 0.377 e. The molecular weight excluding hydrogens is 293 g/mol. The van der Waals surface area contributed by atoms with Crippen LogP contribution in [0.25, 0.3) is 10.4 Å². The van der Waals surface area contributed by atoms with E-state index in [4.69, 9.17) is 10.3 Å². The molecule has 0 saturated carbocycles. The molecule has 0 unspecified atom stereocenters. The van der Waals surface area contributed by atoms with E-state index in [1.54, 1.807) is 0 Å². The molecule has 0 bridgehead atoms. The smallest absolute Gasteiger partial charge is 0.0693 e. The van der Waals surface area contributed by atoms with Gasteiger partial charge in [0.2, 0.25) is 0 Å². The lowest BCUT2D eigenvalue weighted by Crippen LogP contribution is -2.19. The summed E-state index contributed by atoms with van der Waals surface area (Å²) in [5.74, 6) is 0. The number of hydrogen-bond acceptors (Lipinski definition) is 2. The Morgan fingerprint density at radius 2 is 2.43 bits per heavy atom. The van der Waals surface area contributed by atoms with Crippen molar-refractivity contribution >= 4 is 22.6 Å². The van der Waals surface area contributed by atoms with Crippen LogP contribution < -0.4 is 0 Å². The quantitative estimate of drug-likeness (QED) is 0.185. The maximum absolute atomic E-state index is 8.08. The zero-order valence-electron chi connectivity index (χ0n) is 8.23. The fourth-order valence-electron chi connectivity index (χ4n) is 1.64. The summed E-state index contributed by atoms with van der Waals surface area (Å²) in [7, 11) is 0. The molecule has 14 heavy (non-hydrogen) atoms. The minimum atomic E-state index is 0.468. The maximum atomic E-state index is 8.08. The summed E-state index contributed by atoms with van der Waals surface area (Å²) in [6.07, 6.45) is 6.19. The summed E-state index contributed by atoms with van der Waals surface area (Å²) in [5.41, 5.74) is 8.08. The number of rotatable bonds is 6. The van der Waals surface area contributed by atoms with Gasteiger partial charge in [-0.05, 0) is 31.2 Å². The van der Waals surface area contributed by atoms with E-state index in [1.165, 1.54) is 19.3 Å². The van der Waals surface area contributed by atoms with Gasteiger partial charge in [0.05, 0.1) is 6.10 Å². The molecule has 0 aromatic rings. The number of halogens is 1. The van der Waals surface area contributed by atoms with Gasteiger partial charge < -0.3 is 4.74 Å². The van der Waals surface area contributed by atoms with Gasteiger partial charge in [0.1, 0.15) is 0 Å². The molecule has 1 fully saturated rings. The third kappa shape index (κ3) is 4.48. The highest BCUT2D eigenvalue weighted by Gasteiger charge is 2.22. The van der Waals surface area contributed by atoms with E-state index >= 15 is 0 Å². The molecule has 2 atom stereocenters. The normalized spacial score (nSPS) is 23.1. The Labute approximate surface area is 98.2 Å². The lowest BCUT2D eigenvalue weighted by atomic mass is 10.1. The van der Waals surface area contributed by atoms with Crippen molar-refractivity contribution in [2.24, 2.45) is 5.11 Å². The highest BCUT2D eigenvalue weighted by molar-refractivity contribution is 14.1. The molecule has 1 heterocycles. The highest BCUT2D eigenvalue weighted by atomic mass is 127. The van der Waals surface area contributed by atoms with Gasteiger partial charge in [-0.1, -0.05) is 34.1 Å². The Morgan fingerprint density at radius 1 is 1.57 bits per heavy atom. The molecule has 80 valence electrons. The Morgan fingerprint density at radius 3 is 3.07 bits per heavy atom. The number of unbranched alkanes of at least 4 members (excludes halogenated alkanes) is 1. The molecule has 0 aliphatic carbocycles. The average Bonchev–Trinajstić information content (AvgIpc) is 2.70. The van der Waals surface area contributed by atoms with Crippen molar-refractivity contribution in [2.75, 3.05) is 13.2 Å². The molecule has 1 saturated heterocycles. The summed E-state index contributed by atoms with van der Waals surface area (Å²) in [4.78, 5) is 2.73. The standard InChI is InChI=1S/C9H16IN3O/c10-8(9-5-3-7-14-9)4-1-2-6-12-13-11/h8-9H,1-7H2/t8-,9-/m1/s1. The number of ether oxygens (including phenoxy) is 1. The van der Waals surface area contributed by atoms with Crippen molar-refractivity contribution in [1.29, 1.82) is 0 Å². The molecule has 0 spiro atoms. The van der Waals surface area contributed by atoms with Gasteiger partial charge in [-0.3, -0.25) is 0 Å². The van der Waals surface area contributed by atoms with Gasteiger partial charge in [-0.15, -0.1) is 0 Å². The monoisotopic (exact) mass is 309 g/mol. The van der Waals surface area contributed by atoms with Gasteiger partial charge in [0.15, 0.2) is 0 Å². The molecule has 0 aromatic heterocycles. The van der Waals surface area contributed by atoms with Crippen LogP contribution in [0.5, 0.6) is 0 Å². The average molecular weight is 309 g/mol. The fraction of sp³-hybridized carbons (Fsp3) is 1.00. The van der Waals surface area contributed by atoms with E-state index < -0.39 is 0 Å². The predicted molar refractivity (Wildman–Crippen MR) is 64.6 cm³/mol. The second-order valence-corrected chi connectivity index (χ2v) is 5.12. The first-order chi connectivity index (χ1) is 6.84. The maximum Gasteiger partial charge on any atom is 0.0693 e. The van der Waals surface area contributed by atoms with Crippen molar-refractivity contribution in [2.45, 2.75) is 42.1 Å². The zero-order valence-corrected chi connectivity index (χ0v) is 10.4. The van der Waals surface area contributed by atoms with Crippen molar-refractivity contribution in [3.8, 4) is 0 Å². The Bertz CT molecular complexity index is 200. The molecule has 0 N–H and O–H groups in total. The molecule has 1 aliphatic rings. The van der Waals surface area contributed by atoms with Crippen LogP contribution in [0.15, 0.2) is 5.11 Å².